The second-order valence-electron chi connectivity index (χ2n) is 5.03. The molecule has 1 aliphatic heterocycles. The van der Waals surface area contributed by atoms with Gasteiger partial charge in [0.1, 0.15) is 5.75 Å². The molecule has 0 bridgehead atoms. The van der Waals surface area contributed by atoms with E-state index in [9.17, 15) is 9.36 Å². The number of hydrogen-bond donors (Lipinski definition) is 0. The fraction of sp³-hybridized carbons (Fsp3) is 0.438. The standard InChI is InChI=1S/C16H21O5P/c1-4-11-16(22(18,19-5-2)20-6-3)12-13-9-7-8-10-14(13)21-15(16)17/h4,7-10H,1,5-6,11-12H2,2-3H3. The Bertz CT molecular complexity index is 602. The predicted molar refractivity (Wildman–Crippen MR) is 84.2 cm³/mol. The van der Waals surface area contributed by atoms with Crippen LogP contribution in [0.4, 0.5) is 0 Å². The van der Waals surface area contributed by atoms with Crippen molar-refractivity contribution in [3.8, 4) is 5.75 Å². The van der Waals surface area contributed by atoms with E-state index in [4.69, 9.17) is 13.8 Å². The van der Waals surface area contributed by atoms with E-state index in [-0.39, 0.29) is 26.1 Å². The first kappa shape index (κ1) is 16.9. The Morgan fingerprint density at radius 1 is 1.32 bits per heavy atom. The zero-order chi connectivity index (χ0) is 16.2. The van der Waals surface area contributed by atoms with Crippen molar-refractivity contribution in [3.63, 3.8) is 0 Å². The number of ether oxygens (including phenoxy) is 1. The van der Waals surface area contributed by atoms with Gasteiger partial charge in [-0.05, 0) is 31.9 Å². The van der Waals surface area contributed by atoms with E-state index in [0.717, 1.165) is 5.56 Å². The summed E-state index contributed by atoms with van der Waals surface area (Å²) in [7, 11) is -3.70. The Kier molecular flexibility index (Phi) is 5.22. The molecule has 1 aliphatic rings. The number of benzene rings is 1. The molecule has 0 aromatic heterocycles. The fourth-order valence-corrected chi connectivity index (χ4v) is 4.91. The molecule has 5 nitrogen and oxygen atoms in total. The number of rotatable bonds is 7. The molecule has 0 radical (unpaired) electrons. The predicted octanol–water partition coefficient (Wildman–Crippen LogP) is 3.73. The van der Waals surface area contributed by atoms with Crippen LogP contribution in [0.15, 0.2) is 36.9 Å². The Balaban J connectivity index is 2.54. The van der Waals surface area contributed by atoms with E-state index in [1.807, 2.05) is 12.1 Å². The van der Waals surface area contributed by atoms with Gasteiger partial charge in [0.15, 0.2) is 5.16 Å². The molecule has 120 valence electrons. The normalized spacial score (nSPS) is 21.1. The van der Waals surface area contributed by atoms with Crippen molar-refractivity contribution in [1.29, 1.82) is 0 Å². The topological polar surface area (TPSA) is 61.8 Å². The lowest BCUT2D eigenvalue weighted by Crippen LogP contribution is -2.47. The van der Waals surface area contributed by atoms with Crippen molar-refractivity contribution in [1.82, 2.24) is 0 Å². The molecule has 1 heterocycles. The van der Waals surface area contributed by atoms with Crippen LogP contribution in [-0.4, -0.2) is 24.3 Å². The number of fused-ring (bicyclic) bond motifs is 1. The second-order valence-corrected chi connectivity index (χ2v) is 7.40. The number of allylic oxidation sites excluding steroid dienone is 1. The number of esters is 1. The Hall–Kier alpha value is -1.42. The van der Waals surface area contributed by atoms with E-state index < -0.39 is 18.7 Å². The summed E-state index contributed by atoms with van der Waals surface area (Å²) in [4.78, 5) is 12.7. The van der Waals surface area contributed by atoms with E-state index in [0.29, 0.717) is 5.75 Å². The van der Waals surface area contributed by atoms with E-state index in [1.165, 1.54) is 0 Å². The summed E-state index contributed by atoms with van der Waals surface area (Å²) in [5.41, 5.74) is 0.809. The van der Waals surface area contributed by atoms with Crippen molar-refractivity contribution in [3.05, 3.63) is 42.5 Å². The number of carbonyl (C=O) groups is 1. The summed E-state index contributed by atoms with van der Waals surface area (Å²) in [5, 5.41) is -1.38. The van der Waals surface area contributed by atoms with Gasteiger partial charge in [0.2, 0.25) is 0 Å². The summed E-state index contributed by atoms with van der Waals surface area (Å²) in [6.45, 7) is 7.49. The quantitative estimate of drug-likeness (QED) is 0.331. The molecular formula is C16H21O5P. The fourth-order valence-electron chi connectivity index (χ4n) is 2.67. The highest BCUT2D eigenvalue weighted by molar-refractivity contribution is 7.56. The maximum Gasteiger partial charge on any atom is 0.348 e. The van der Waals surface area contributed by atoms with Gasteiger partial charge in [-0.25, -0.2) is 0 Å². The number of hydrogen-bond acceptors (Lipinski definition) is 5. The van der Waals surface area contributed by atoms with Crippen LogP contribution < -0.4 is 4.74 Å². The molecule has 0 amide bonds. The maximum absolute atomic E-state index is 13.3. The molecular weight excluding hydrogens is 303 g/mol. The van der Waals surface area contributed by atoms with Gasteiger partial charge in [0, 0.05) is 6.42 Å². The lowest BCUT2D eigenvalue weighted by atomic mass is 9.92. The second kappa shape index (κ2) is 6.78. The van der Waals surface area contributed by atoms with Gasteiger partial charge in [-0.2, -0.15) is 0 Å². The molecule has 1 aromatic carbocycles. The van der Waals surface area contributed by atoms with Crippen molar-refractivity contribution >= 4 is 13.6 Å². The summed E-state index contributed by atoms with van der Waals surface area (Å²) in [6.07, 6.45) is 1.96. The summed E-state index contributed by atoms with van der Waals surface area (Å²) in [6, 6.07) is 7.21. The Morgan fingerprint density at radius 3 is 2.55 bits per heavy atom. The van der Waals surface area contributed by atoms with Gasteiger partial charge in [0.25, 0.3) is 0 Å². The first-order valence-corrected chi connectivity index (χ1v) is 8.87. The minimum atomic E-state index is -3.70. The van der Waals surface area contributed by atoms with Gasteiger partial charge >= 0.3 is 13.6 Å². The Labute approximate surface area is 130 Å². The molecule has 0 saturated carbocycles. The maximum atomic E-state index is 13.3. The molecule has 0 spiro atoms. The first-order valence-electron chi connectivity index (χ1n) is 7.33. The summed E-state index contributed by atoms with van der Waals surface area (Å²) < 4.78 is 29.6. The highest BCUT2D eigenvalue weighted by atomic mass is 31.2. The zero-order valence-electron chi connectivity index (χ0n) is 12.9. The average molecular weight is 324 g/mol. The van der Waals surface area contributed by atoms with Crippen molar-refractivity contribution < 1.29 is 23.1 Å². The molecule has 1 unspecified atom stereocenters. The molecule has 1 aromatic rings. The SMILES string of the molecule is C=CCC1(P(=O)(OCC)OCC)Cc2ccccc2OC1=O. The minimum Gasteiger partial charge on any atom is -0.425 e. The smallest absolute Gasteiger partial charge is 0.348 e. The van der Waals surface area contributed by atoms with Crippen LogP contribution in [-0.2, 0) is 24.8 Å². The molecule has 6 heteroatoms. The van der Waals surface area contributed by atoms with Crippen molar-refractivity contribution in [2.24, 2.45) is 0 Å². The molecule has 0 saturated heterocycles. The van der Waals surface area contributed by atoms with Crippen LogP contribution in [0, 0.1) is 0 Å². The van der Waals surface area contributed by atoms with E-state index >= 15 is 0 Å². The summed E-state index contributed by atoms with van der Waals surface area (Å²) in [5.74, 6) is -0.0944. The minimum absolute atomic E-state index is 0.164. The van der Waals surface area contributed by atoms with Crippen LogP contribution >= 0.6 is 7.60 Å². The average Bonchev–Trinajstić information content (AvgIpc) is 2.48. The number of para-hydroxylation sites is 1. The molecule has 2 rings (SSSR count). The van der Waals surface area contributed by atoms with Gasteiger partial charge in [-0.3, -0.25) is 9.36 Å². The molecule has 1 atom stereocenters. The van der Waals surface area contributed by atoms with Crippen molar-refractivity contribution in [2.45, 2.75) is 31.8 Å². The zero-order valence-corrected chi connectivity index (χ0v) is 13.8. The van der Waals surface area contributed by atoms with Crippen LogP contribution in [0.25, 0.3) is 0 Å². The van der Waals surface area contributed by atoms with Gasteiger partial charge in [0.05, 0.1) is 13.2 Å². The largest absolute Gasteiger partial charge is 0.425 e. The Morgan fingerprint density at radius 2 is 1.95 bits per heavy atom. The van der Waals surface area contributed by atoms with E-state index in [2.05, 4.69) is 6.58 Å². The molecule has 0 fully saturated rings. The molecule has 0 aliphatic carbocycles. The van der Waals surface area contributed by atoms with Gasteiger partial charge < -0.3 is 13.8 Å². The van der Waals surface area contributed by atoms with Crippen LogP contribution in [0.5, 0.6) is 5.75 Å². The van der Waals surface area contributed by atoms with Crippen molar-refractivity contribution in [2.75, 3.05) is 13.2 Å². The molecule has 0 N–H and O–H groups in total. The lowest BCUT2D eigenvalue weighted by Gasteiger charge is -2.39. The third-order valence-electron chi connectivity index (χ3n) is 3.64. The first-order chi connectivity index (χ1) is 10.5. The summed E-state index contributed by atoms with van der Waals surface area (Å²) >= 11 is 0. The number of carbonyl (C=O) groups excluding carboxylic acids is 1. The lowest BCUT2D eigenvalue weighted by molar-refractivity contribution is -0.139. The van der Waals surface area contributed by atoms with Crippen LogP contribution in [0.1, 0.15) is 25.8 Å². The van der Waals surface area contributed by atoms with Crippen LogP contribution in [0.2, 0.25) is 0 Å². The van der Waals surface area contributed by atoms with Gasteiger partial charge in [-0.1, -0.05) is 24.3 Å². The highest BCUT2D eigenvalue weighted by Gasteiger charge is 2.59. The highest BCUT2D eigenvalue weighted by Crippen LogP contribution is 2.64. The molecule has 22 heavy (non-hydrogen) atoms. The van der Waals surface area contributed by atoms with Crippen LogP contribution in [0.3, 0.4) is 0 Å². The third kappa shape index (κ3) is 2.76. The monoisotopic (exact) mass is 324 g/mol. The van der Waals surface area contributed by atoms with Gasteiger partial charge in [-0.15, -0.1) is 6.58 Å². The van der Waals surface area contributed by atoms with E-state index in [1.54, 1.807) is 32.1 Å². The third-order valence-corrected chi connectivity index (χ3v) is 6.41.